The Morgan fingerprint density at radius 1 is 1.56 bits per heavy atom. The van der Waals surface area contributed by atoms with E-state index in [4.69, 9.17) is 4.74 Å². The SMILES string of the molecule is COC(=O)CC1COC(=O)[C@@]12CCCC2=O. The van der Waals surface area contributed by atoms with Crippen molar-refractivity contribution in [1.82, 2.24) is 0 Å². The minimum Gasteiger partial charge on any atom is -0.469 e. The van der Waals surface area contributed by atoms with Crippen molar-refractivity contribution in [3.8, 4) is 0 Å². The Labute approximate surface area is 93.1 Å². The fourth-order valence-corrected chi connectivity index (χ4v) is 2.67. The second-order valence-electron chi connectivity index (χ2n) is 4.32. The number of cyclic esters (lactones) is 1. The molecule has 1 saturated heterocycles. The summed E-state index contributed by atoms with van der Waals surface area (Å²) < 4.78 is 9.52. The lowest BCUT2D eigenvalue weighted by molar-refractivity contribution is -0.150. The number of hydrogen-bond acceptors (Lipinski definition) is 5. The van der Waals surface area contributed by atoms with E-state index in [1.54, 1.807) is 0 Å². The van der Waals surface area contributed by atoms with E-state index in [1.807, 2.05) is 0 Å². The molecule has 88 valence electrons. The molecular weight excluding hydrogens is 212 g/mol. The predicted molar refractivity (Wildman–Crippen MR) is 52.4 cm³/mol. The van der Waals surface area contributed by atoms with Crippen LogP contribution in [0.1, 0.15) is 25.7 Å². The van der Waals surface area contributed by atoms with E-state index >= 15 is 0 Å². The molecule has 1 aliphatic heterocycles. The molecule has 1 unspecified atom stereocenters. The lowest BCUT2D eigenvalue weighted by Crippen LogP contribution is -2.38. The van der Waals surface area contributed by atoms with Crippen LogP contribution in [0.25, 0.3) is 0 Å². The van der Waals surface area contributed by atoms with Gasteiger partial charge in [-0.05, 0) is 12.8 Å². The van der Waals surface area contributed by atoms with Gasteiger partial charge in [0.25, 0.3) is 0 Å². The molecule has 1 saturated carbocycles. The zero-order valence-electron chi connectivity index (χ0n) is 9.15. The second kappa shape index (κ2) is 3.88. The smallest absolute Gasteiger partial charge is 0.320 e. The molecular formula is C11H14O5. The molecule has 5 nitrogen and oxygen atoms in total. The largest absolute Gasteiger partial charge is 0.469 e. The van der Waals surface area contributed by atoms with Crippen molar-refractivity contribution in [2.45, 2.75) is 25.7 Å². The topological polar surface area (TPSA) is 69.7 Å². The molecule has 16 heavy (non-hydrogen) atoms. The summed E-state index contributed by atoms with van der Waals surface area (Å²) in [6.45, 7) is 0.152. The van der Waals surface area contributed by atoms with Crippen LogP contribution in [0.5, 0.6) is 0 Å². The number of carbonyl (C=O) groups is 3. The van der Waals surface area contributed by atoms with Crippen LogP contribution in [-0.4, -0.2) is 31.4 Å². The monoisotopic (exact) mass is 226 g/mol. The Morgan fingerprint density at radius 2 is 2.31 bits per heavy atom. The summed E-state index contributed by atoms with van der Waals surface area (Å²) in [5, 5.41) is 0. The molecule has 2 fully saturated rings. The van der Waals surface area contributed by atoms with Crippen molar-refractivity contribution in [3.63, 3.8) is 0 Å². The molecule has 0 bridgehead atoms. The van der Waals surface area contributed by atoms with E-state index in [0.717, 1.165) is 0 Å². The maximum absolute atomic E-state index is 11.8. The minimum absolute atomic E-state index is 0.0774. The number of ketones is 1. The van der Waals surface area contributed by atoms with Crippen LogP contribution in [0.3, 0.4) is 0 Å². The fourth-order valence-electron chi connectivity index (χ4n) is 2.67. The van der Waals surface area contributed by atoms with Crippen molar-refractivity contribution in [3.05, 3.63) is 0 Å². The van der Waals surface area contributed by atoms with Crippen LogP contribution in [0.2, 0.25) is 0 Å². The summed E-state index contributed by atoms with van der Waals surface area (Å²) >= 11 is 0. The van der Waals surface area contributed by atoms with Gasteiger partial charge in [0.05, 0.1) is 20.1 Å². The number of carbonyl (C=O) groups excluding carboxylic acids is 3. The lowest BCUT2D eigenvalue weighted by Gasteiger charge is -2.22. The van der Waals surface area contributed by atoms with Crippen LogP contribution in [0.4, 0.5) is 0 Å². The van der Waals surface area contributed by atoms with Gasteiger partial charge >= 0.3 is 11.9 Å². The first kappa shape index (κ1) is 11.1. The molecule has 1 heterocycles. The molecule has 0 aromatic carbocycles. The first-order valence-electron chi connectivity index (χ1n) is 5.38. The molecule has 5 heteroatoms. The van der Waals surface area contributed by atoms with E-state index in [0.29, 0.717) is 19.3 Å². The van der Waals surface area contributed by atoms with E-state index in [2.05, 4.69) is 4.74 Å². The molecule has 0 radical (unpaired) electrons. The fraction of sp³-hybridized carbons (Fsp3) is 0.727. The van der Waals surface area contributed by atoms with Gasteiger partial charge in [0.15, 0.2) is 5.78 Å². The van der Waals surface area contributed by atoms with Crippen molar-refractivity contribution in [2.75, 3.05) is 13.7 Å². The zero-order chi connectivity index (χ0) is 11.8. The third-order valence-corrected chi connectivity index (χ3v) is 3.59. The lowest BCUT2D eigenvalue weighted by atomic mass is 9.74. The Balaban J connectivity index is 2.22. The van der Waals surface area contributed by atoms with E-state index in [9.17, 15) is 14.4 Å². The highest BCUT2D eigenvalue weighted by molar-refractivity contribution is 6.07. The van der Waals surface area contributed by atoms with Gasteiger partial charge in [0.2, 0.25) is 0 Å². The second-order valence-corrected chi connectivity index (χ2v) is 4.32. The molecule has 1 spiro atoms. The average molecular weight is 226 g/mol. The third-order valence-electron chi connectivity index (χ3n) is 3.59. The highest BCUT2D eigenvalue weighted by Crippen LogP contribution is 2.47. The van der Waals surface area contributed by atoms with E-state index in [1.165, 1.54) is 7.11 Å². The van der Waals surface area contributed by atoms with Crippen LogP contribution in [-0.2, 0) is 23.9 Å². The normalized spacial score (nSPS) is 33.2. The molecule has 0 amide bonds. The first-order valence-corrected chi connectivity index (χ1v) is 5.38. The molecule has 0 aromatic rings. The Bertz CT molecular complexity index is 338. The zero-order valence-corrected chi connectivity index (χ0v) is 9.15. The standard InChI is InChI=1S/C11H14O5/c1-15-9(13)5-7-6-16-10(14)11(7)4-2-3-8(11)12/h7H,2-6H2,1H3/t7?,11-/m0/s1. The number of methoxy groups -OCH3 is 1. The van der Waals surface area contributed by atoms with Gasteiger partial charge in [0.1, 0.15) is 5.41 Å². The van der Waals surface area contributed by atoms with Crippen molar-refractivity contribution in [1.29, 1.82) is 0 Å². The predicted octanol–water partition coefficient (Wildman–Crippen LogP) is 0.462. The number of rotatable bonds is 2. The summed E-state index contributed by atoms with van der Waals surface area (Å²) in [7, 11) is 1.29. The highest BCUT2D eigenvalue weighted by Gasteiger charge is 2.59. The van der Waals surface area contributed by atoms with E-state index in [-0.39, 0.29) is 24.7 Å². The molecule has 0 aromatic heterocycles. The van der Waals surface area contributed by atoms with Gasteiger partial charge in [-0.3, -0.25) is 14.4 Å². The van der Waals surface area contributed by atoms with Gasteiger partial charge in [-0.2, -0.15) is 0 Å². The summed E-state index contributed by atoms with van der Waals surface area (Å²) in [6, 6.07) is 0. The van der Waals surface area contributed by atoms with Crippen LogP contribution in [0, 0.1) is 11.3 Å². The maximum atomic E-state index is 11.8. The number of Topliss-reactive ketones (excluding diaryl/α,β-unsaturated/α-hetero) is 1. The van der Waals surface area contributed by atoms with Gasteiger partial charge in [0, 0.05) is 12.3 Å². The molecule has 2 aliphatic rings. The average Bonchev–Trinajstić information content (AvgIpc) is 2.79. The quantitative estimate of drug-likeness (QED) is 0.505. The molecule has 2 atom stereocenters. The summed E-state index contributed by atoms with van der Waals surface area (Å²) in [5.41, 5.74) is -1.05. The molecule has 1 aliphatic carbocycles. The first-order chi connectivity index (χ1) is 7.61. The third kappa shape index (κ3) is 1.42. The molecule has 2 rings (SSSR count). The Kier molecular flexibility index (Phi) is 2.69. The van der Waals surface area contributed by atoms with Gasteiger partial charge in [-0.25, -0.2) is 0 Å². The Morgan fingerprint density at radius 3 is 2.88 bits per heavy atom. The Hall–Kier alpha value is -1.39. The highest BCUT2D eigenvalue weighted by atomic mass is 16.5. The molecule has 0 N–H and O–H groups in total. The maximum Gasteiger partial charge on any atom is 0.320 e. The summed E-state index contributed by atoms with van der Waals surface area (Å²) in [4.78, 5) is 34.8. The summed E-state index contributed by atoms with van der Waals surface area (Å²) in [6.07, 6.45) is 1.69. The van der Waals surface area contributed by atoms with Gasteiger partial charge < -0.3 is 9.47 Å². The van der Waals surface area contributed by atoms with Gasteiger partial charge in [-0.1, -0.05) is 0 Å². The van der Waals surface area contributed by atoms with Crippen molar-refractivity contribution < 1.29 is 23.9 Å². The number of esters is 2. The van der Waals surface area contributed by atoms with Crippen molar-refractivity contribution >= 4 is 17.7 Å². The minimum atomic E-state index is -1.05. The number of ether oxygens (including phenoxy) is 2. The van der Waals surface area contributed by atoms with Crippen LogP contribution >= 0.6 is 0 Å². The van der Waals surface area contributed by atoms with E-state index < -0.39 is 17.4 Å². The van der Waals surface area contributed by atoms with Crippen LogP contribution in [0.15, 0.2) is 0 Å². The van der Waals surface area contributed by atoms with Gasteiger partial charge in [-0.15, -0.1) is 0 Å². The summed E-state index contributed by atoms with van der Waals surface area (Å²) in [5.74, 6) is -1.28. The number of hydrogen-bond donors (Lipinski definition) is 0. The van der Waals surface area contributed by atoms with Crippen molar-refractivity contribution in [2.24, 2.45) is 11.3 Å². The van der Waals surface area contributed by atoms with Crippen LogP contribution < -0.4 is 0 Å².